The molecule has 1 N–H and O–H groups in total. The van der Waals surface area contributed by atoms with E-state index in [-0.39, 0.29) is 5.75 Å². The molecule has 0 radical (unpaired) electrons. The molecule has 0 aromatic heterocycles. The van der Waals surface area contributed by atoms with E-state index in [9.17, 15) is 13.2 Å². The van der Waals surface area contributed by atoms with Crippen LogP contribution in [0.15, 0.2) is 48.5 Å². The van der Waals surface area contributed by atoms with Crippen LogP contribution in [0, 0.1) is 6.92 Å². The second-order valence-corrected chi connectivity index (χ2v) is 6.65. The van der Waals surface area contributed by atoms with Gasteiger partial charge in [0.2, 0.25) is 0 Å². The van der Waals surface area contributed by atoms with E-state index in [1.54, 1.807) is 0 Å². The number of ether oxygens (including phenoxy) is 1. The molecule has 1 heterocycles. The highest BCUT2D eigenvalue weighted by molar-refractivity contribution is 7.80. The minimum Gasteiger partial charge on any atom is -0.406 e. The van der Waals surface area contributed by atoms with Gasteiger partial charge in [-0.25, -0.2) is 0 Å². The number of thiocarbonyl (C=S) groups is 1. The number of aryl methyl sites for hydroxylation is 1. The molecule has 1 aliphatic heterocycles. The number of benzene rings is 2. The van der Waals surface area contributed by atoms with Gasteiger partial charge in [0, 0.05) is 37.6 Å². The molecule has 27 heavy (non-hydrogen) atoms. The van der Waals surface area contributed by atoms with Crippen LogP contribution in [0.2, 0.25) is 0 Å². The molecular formula is C19H20F3N3OS. The zero-order chi connectivity index (χ0) is 19.4. The van der Waals surface area contributed by atoms with Crippen LogP contribution in [-0.2, 0) is 0 Å². The summed E-state index contributed by atoms with van der Waals surface area (Å²) in [4.78, 5) is 4.39. The summed E-state index contributed by atoms with van der Waals surface area (Å²) in [6.07, 6.45) is -4.69. The number of alkyl halides is 3. The van der Waals surface area contributed by atoms with Gasteiger partial charge in [-0.05, 0) is 55.0 Å². The zero-order valence-electron chi connectivity index (χ0n) is 14.8. The molecule has 1 aliphatic rings. The Kier molecular flexibility index (Phi) is 5.74. The Balaban J connectivity index is 1.53. The molecule has 2 aromatic carbocycles. The van der Waals surface area contributed by atoms with Crippen LogP contribution in [0.5, 0.6) is 5.75 Å². The Morgan fingerprint density at radius 2 is 1.63 bits per heavy atom. The fraction of sp³-hybridized carbons (Fsp3) is 0.316. The maximum atomic E-state index is 12.2. The largest absolute Gasteiger partial charge is 0.573 e. The normalized spacial score (nSPS) is 14.8. The number of para-hydroxylation sites is 1. The summed E-state index contributed by atoms with van der Waals surface area (Å²) in [5, 5.41) is 3.63. The summed E-state index contributed by atoms with van der Waals surface area (Å²) in [5.41, 5.74) is 3.10. The molecule has 4 nitrogen and oxygen atoms in total. The first-order chi connectivity index (χ1) is 12.8. The van der Waals surface area contributed by atoms with Crippen LogP contribution in [0.3, 0.4) is 0 Å². The molecule has 144 valence electrons. The molecule has 8 heteroatoms. The molecule has 1 fully saturated rings. The highest BCUT2D eigenvalue weighted by atomic mass is 32.1. The lowest BCUT2D eigenvalue weighted by molar-refractivity contribution is -0.274. The minimum absolute atomic E-state index is 0.259. The monoisotopic (exact) mass is 395 g/mol. The molecule has 1 saturated heterocycles. The molecular weight excluding hydrogens is 375 g/mol. The van der Waals surface area contributed by atoms with Crippen molar-refractivity contribution >= 4 is 28.7 Å². The first kappa shape index (κ1) is 19.3. The lowest BCUT2D eigenvalue weighted by Crippen LogP contribution is -2.50. The van der Waals surface area contributed by atoms with Crippen molar-refractivity contribution in [3.8, 4) is 5.75 Å². The van der Waals surface area contributed by atoms with Gasteiger partial charge < -0.3 is 19.9 Å². The van der Waals surface area contributed by atoms with Gasteiger partial charge in [-0.3, -0.25) is 0 Å². The average molecular weight is 395 g/mol. The summed E-state index contributed by atoms with van der Waals surface area (Å²) in [7, 11) is 0. The van der Waals surface area contributed by atoms with Crippen molar-refractivity contribution in [3.63, 3.8) is 0 Å². The number of halogens is 3. The van der Waals surface area contributed by atoms with Gasteiger partial charge in [0.15, 0.2) is 5.11 Å². The van der Waals surface area contributed by atoms with Gasteiger partial charge in [0.25, 0.3) is 0 Å². The van der Waals surface area contributed by atoms with Crippen LogP contribution < -0.4 is 15.0 Å². The minimum atomic E-state index is -4.69. The summed E-state index contributed by atoms with van der Waals surface area (Å²) in [5.74, 6) is -0.259. The first-order valence-corrected chi connectivity index (χ1v) is 8.95. The fourth-order valence-electron chi connectivity index (χ4n) is 3.01. The Bertz CT molecular complexity index is 788. The van der Waals surface area contributed by atoms with E-state index in [1.807, 2.05) is 12.1 Å². The van der Waals surface area contributed by atoms with E-state index in [0.717, 1.165) is 26.2 Å². The maximum Gasteiger partial charge on any atom is 0.573 e. The smallest absolute Gasteiger partial charge is 0.406 e. The van der Waals surface area contributed by atoms with E-state index < -0.39 is 6.36 Å². The molecule has 0 saturated carbocycles. The molecule has 0 aliphatic carbocycles. The molecule has 0 bridgehead atoms. The van der Waals surface area contributed by atoms with Crippen LogP contribution >= 0.6 is 12.2 Å². The highest BCUT2D eigenvalue weighted by Crippen LogP contribution is 2.24. The van der Waals surface area contributed by atoms with Gasteiger partial charge in [0.1, 0.15) is 5.75 Å². The van der Waals surface area contributed by atoms with Crippen LogP contribution in [-0.4, -0.2) is 42.6 Å². The lowest BCUT2D eigenvalue weighted by atomic mass is 10.1. The van der Waals surface area contributed by atoms with Gasteiger partial charge in [-0.2, -0.15) is 0 Å². The molecule has 0 amide bonds. The quantitative estimate of drug-likeness (QED) is 0.777. The lowest BCUT2D eigenvalue weighted by Gasteiger charge is -2.38. The molecule has 2 aromatic rings. The van der Waals surface area contributed by atoms with Crippen molar-refractivity contribution in [1.82, 2.24) is 4.90 Å². The third-order valence-electron chi connectivity index (χ3n) is 4.36. The second-order valence-electron chi connectivity index (χ2n) is 6.26. The van der Waals surface area contributed by atoms with Crippen LogP contribution in [0.25, 0.3) is 0 Å². The molecule has 0 unspecified atom stereocenters. The number of hydrogen-bond acceptors (Lipinski definition) is 3. The SMILES string of the molecule is Cc1ccccc1N1CCN(C(=S)Nc2ccc(OC(F)(F)F)cc2)CC1. The second kappa shape index (κ2) is 8.04. The van der Waals surface area contributed by atoms with Crippen molar-refractivity contribution in [1.29, 1.82) is 0 Å². The maximum absolute atomic E-state index is 12.2. The topological polar surface area (TPSA) is 27.7 Å². The number of nitrogens with one attached hydrogen (secondary N) is 1. The Labute approximate surface area is 161 Å². The standard InChI is InChI=1S/C19H20F3N3OS/c1-14-4-2-3-5-17(14)24-10-12-25(13-11-24)18(27)23-15-6-8-16(9-7-15)26-19(20,21)22/h2-9H,10-13H2,1H3,(H,23,27). The first-order valence-electron chi connectivity index (χ1n) is 8.54. The van der Waals surface area contributed by atoms with E-state index in [4.69, 9.17) is 12.2 Å². The van der Waals surface area contributed by atoms with Gasteiger partial charge in [-0.15, -0.1) is 13.2 Å². The van der Waals surface area contributed by atoms with E-state index in [0.29, 0.717) is 10.8 Å². The van der Waals surface area contributed by atoms with Crippen molar-refractivity contribution < 1.29 is 17.9 Å². The molecule has 0 spiro atoms. The third kappa shape index (κ3) is 5.26. The number of nitrogens with zero attached hydrogens (tertiary/aromatic N) is 2. The van der Waals surface area contributed by atoms with E-state index in [1.165, 1.54) is 35.5 Å². The number of rotatable bonds is 3. The van der Waals surface area contributed by atoms with Crippen molar-refractivity contribution in [2.75, 3.05) is 36.4 Å². The predicted octanol–water partition coefficient (Wildman–Crippen LogP) is 4.41. The van der Waals surface area contributed by atoms with Crippen LogP contribution in [0.1, 0.15) is 5.56 Å². The summed E-state index contributed by atoms with van der Waals surface area (Å²) >= 11 is 5.44. The van der Waals surface area contributed by atoms with Gasteiger partial charge >= 0.3 is 6.36 Å². The van der Waals surface area contributed by atoms with Crippen molar-refractivity contribution in [2.24, 2.45) is 0 Å². The van der Waals surface area contributed by atoms with E-state index >= 15 is 0 Å². The van der Waals surface area contributed by atoms with Crippen molar-refractivity contribution in [2.45, 2.75) is 13.3 Å². The van der Waals surface area contributed by atoms with E-state index in [2.05, 4.69) is 38.9 Å². The highest BCUT2D eigenvalue weighted by Gasteiger charge is 2.31. The zero-order valence-corrected chi connectivity index (χ0v) is 15.6. The van der Waals surface area contributed by atoms with Crippen molar-refractivity contribution in [3.05, 3.63) is 54.1 Å². The Morgan fingerprint density at radius 3 is 2.22 bits per heavy atom. The fourth-order valence-corrected chi connectivity index (χ4v) is 3.31. The Hall–Kier alpha value is -2.48. The predicted molar refractivity (Wildman–Crippen MR) is 104 cm³/mol. The summed E-state index contributed by atoms with van der Waals surface area (Å²) < 4.78 is 40.5. The molecule has 3 rings (SSSR count). The number of anilines is 2. The Morgan fingerprint density at radius 1 is 1.00 bits per heavy atom. The third-order valence-corrected chi connectivity index (χ3v) is 4.72. The summed E-state index contributed by atoms with van der Waals surface area (Å²) in [6, 6.07) is 13.8. The van der Waals surface area contributed by atoms with Gasteiger partial charge in [-0.1, -0.05) is 18.2 Å². The summed E-state index contributed by atoms with van der Waals surface area (Å²) in [6.45, 7) is 5.35. The number of piperazine rings is 1. The molecule has 0 atom stereocenters. The van der Waals surface area contributed by atoms with Gasteiger partial charge in [0.05, 0.1) is 0 Å². The average Bonchev–Trinajstić information content (AvgIpc) is 2.63. The number of hydrogen-bond donors (Lipinski definition) is 1. The van der Waals surface area contributed by atoms with Crippen LogP contribution in [0.4, 0.5) is 24.5 Å².